The quantitative estimate of drug-likeness (QED) is 0.192. The molecule has 11 nitrogen and oxygen atoms in total. The van der Waals surface area contributed by atoms with Gasteiger partial charge in [0, 0.05) is 26.7 Å². The number of hydrogen-bond donors (Lipinski definition) is 1. The van der Waals surface area contributed by atoms with Crippen molar-refractivity contribution in [1.82, 2.24) is 29.6 Å². The molecule has 0 aliphatic heterocycles. The molecule has 0 radical (unpaired) electrons. The summed E-state index contributed by atoms with van der Waals surface area (Å²) in [5.41, 5.74) is 0.638. The Morgan fingerprint density at radius 1 is 1.20 bits per heavy atom. The molecule has 0 aliphatic rings. The van der Waals surface area contributed by atoms with Crippen molar-refractivity contribution in [2.45, 2.75) is 26.1 Å². The highest BCUT2D eigenvalue weighted by Crippen LogP contribution is 2.32. The van der Waals surface area contributed by atoms with Crippen LogP contribution in [0.1, 0.15) is 30.1 Å². The van der Waals surface area contributed by atoms with E-state index in [1.807, 2.05) is 14.1 Å². The van der Waals surface area contributed by atoms with Crippen LogP contribution in [0, 0.1) is 6.92 Å². The second kappa shape index (κ2) is 11.3. The number of carbonyl (C=O) groups excluding carboxylic acids is 2. The van der Waals surface area contributed by atoms with Gasteiger partial charge < -0.3 is 15.0 Å². The predicted molar refractivity (Wildman–Crippen MR) is 141 cm³/mol. The number of benzene rings is 1. The SMILES string of the molecule is CC(=O)OC(C(=O)Nc1ccc(-n2nc(C)c3ncnc(N=CN(C)C)c32)c(Cl)c1)c1cccc(C(F)(F)F)n1. The van der Waals surface area contributed by atoms with Crippen molar-refractivity contribution in [2.24, 2.45) is 4.99 Å². The Bertz CT molecular complexity index is 1620. The second-order valence-corrected chi connectivity index (χ2v) is 9.10. The van der Waals surface area contributed by atoms with E-state index in [1.54, 1.807) is 24.2 Å². The van der Waals surface area contributed by atoms with Crippen LogP contribution in [0.15, 0.2) is 47.7 Å². The summed E-state index contributed by atoms with van der Waals surface area (Å²) in [4.78, 5) is 42.8. The van der Waals surface area contributed by atoms with Crippen molar-refractivity contribution in [3.63, 3.8) is 0 Å². The lowest BCUT2D eigenvalue weighted by atomic mass is 10.2. The molecule has 15 heteroatoms. The zero-order valence-electron chi connectivity index (χ0n) is 21.6. The zero-order valence-corrected chi connectivity index (χ0v) is 22.3. The highest BCUT2D eigenvalue weighted by atomic mass is 35.5. The molecule has 0 spiro atoms. The number of halogens is 4. The van der Waals surface area contributed by atoms with Crippen LogP contribution in [0.2, 0.25) is 5.02 Å². The number of ether oxygens (including phenoxy) is 1. The summed E-state index contributed by atoms with van der Waals surface area (Å²) < 4.78 is 46.0. The molecule has 0 saturated heterocycles. The molecule has 0 bridgehead atoms. The fraction of sp³-hybridized carbons (Fsp3) is 0.240. The molecule has 1 atom stereocenters. The summed E-state index contributed by atoms with van der Waals surface area (Å²) >= 11 is 6.57. The number of esters is 1. The fourth-order valence-corrected chi connectivity index (χ4v) is 3.91. The third-order valence-corrected chi connectivity index (χ3v) is 5.62. The summed E-state index contributed by atoms with van der Waals surface area (Å²) in [6, 6.07) is 7.44. The van der Waals surface area contributed by atoms with Crippen LogP contribution in [0.4, 0.5) is 24.7 Å². The first-order valence-electron chi connectivity index (χ1n) is 11.6. The predicted octanol–water partition coefficient (Wildman–Crippen LogP) is 4.66. The van der Waals surface area contributed by atoms with Gasteiger partial charge in [0.25, 0.3) is 5.91 Å². The standard InChI is InChI=1S/C25H22ClF3N8O3/c1-13-20-21(23(31-11-30-20)32-12-36(3)4)37(35-13)18-9-8-15(10-16(18)26)33-24(39)22(40-14(2)38)17-6-5-7-19(34-17)25(27,28)29/h5-12,22H,1-4H3,(H,33,39). The van der Waals surface area contributed by atoms with Gasteiger partial charge in [-0.3, -0.25) is 9.59 Å². The number of alkyl halides is 3. The first-order valence-corrected chi connectivity index (χ1v) is 12.0. The Kier molecular flexibility index (Phi) is 8.00. The number of carbonyl (C=O) groups is 2. The normalized spacial score (nSPS) is 12.5. The first-order chi connectivity index (χ1) is 18.8. The molecule has 1 N–H and O–H groups in total. The number of nitrogens with zero attached hydrogens (tertiary/aromatic N) is 7. The smallest absolute Gasteiger partial charge is 0.433 e. The van der Waals surface area contributed by atoms with Crippen molar-refractivity contribution >= 4 is 52.4 Å². The Labute approximate surface area is 230 Å². The molecule has 4 aromatic rings. The highest BCUT2D eigenvalue weighted by Gasteiger charge is 2.34. The van der Waals surface area contributed by atoms with Gasteiger partial charge in [0.15, 0.2) is 5.82 Å². The van der Waals surface area contributed by atoms with E-state index in [9.17, 15) is 22.8 Å². The Balaban J connectivity index is 1.67. The molecule has 0 saturated carbocycles. The van der Waals surface area contributed by atoms with Crippen molar-refractivity contribution < 1.29 is 27.5 Å². The van der Waals surface area contributed by atoms with Gasteiger partial charge in [0.1, 0.15) is 23.1 Å². The van der Waals surface area contributed by atoms with Crippen LogP contribution in [-0.2, 0) is 20.5 Å². The van der Waals surface area contributed by atoms with E-state index >= 15 is 0 Å². The number of aryl methyl sites for hydroxylation is 1. The number of aromatic nitrogens is 5. The molecule has 0 fully saturated rings. The molecule has 3 aromatic heterocycles. The van der Waals surface area contributed by atoms with E-state index in [0.717, 1.165) is 25.1 Å². The number of hydrogen-bond acceptors (Lipinski definition) is 8. The number of nitrogens with one attached hydrogen (secondary N) is 1. The summed E-state index contributed by atoms with van der Waals surface area (Å²) in [7, 11) is 3.62. The van der Waals surface area contributed by atoms with Gasteiger partial charge in [-0.05, 0) is 37.3 Å². The lowest BCUT2D eigenvalue weighted by Gasteiger charge is -2.18. The summed E-state index contributed by atoms with van der Waals surface area (Å²) in [6.45, 7) is 2.79. The van der Waals surface area contributed by atoms with Crippen LogP contribution >= 0.6 is 11.6 Å². The molecular formula is C25H22ClF3N8O3. The van der Waals surface area contributed by atoms with Crippen molar-refractivity contribution in [1.29, 1.82) is 0 Å². The lowest BCUT2D eigenvalue weighted by Crippen LogP contribution is -2.26. The maximum atomic E-state index is 13.2. The average Bonchev–Trinajstić information content (AvgIpc) is 3.22. The van der Waals surface area contributed by atoms with Crippen LogP contribution in [0.5, 0.6) is 0 Å². The molecule has 208 valence electrons. The third kappa shape index (κ3) is 6.17. The number of rotatable bonds is 7. The van der Waals surface area contributed by atoms with Gasteiger partial charge in [0.2, 0.25) is 6.10 Å². The van der Waals surface area contributed by atoms with Gasteiger partial charge in [-0.2, -0.15) is 18.3 Å². The minimum atomic E-state index is -4.76. The number of aliphatic imine (C=N–C) groups is 1. The van der Waals surface area contributed by atoms with Crippen LogP contribution in [0.3, 0.4) is 0 Å². The van der Waals surface area contributed by atoms with Crippen molar-refractivity contribution in [3.8, 4) is 5.69 Å². The molecular weight excluding hydrogens is 553 g/mol. The first kappa shape index (κ1) is 28.4. The Hall–Kier alpha value is -4.59. The number of fused-ring (bicyclic) bond motifs is 1. The van der Waals surface area contributed by atoms with Gasteiger partial charge in [-0.25, -0.2) is 24.6 Å². The number of pyridine rings is 1. The van der Waals surface area contributed by atoms with E-state index in [1.165, 1.54) is 23.1 Å². The van der Waals surface area contributed by atoms with Gasteiger partial charge in [-0.1, -0.05) is 17.7 Å². The molecule has 1 aromatic carbocycles. The van der Waals surface area contributed by atoms with Crippen molar-refractivity contribution in [3.05, 3.63) is 64.8 Å². The zero-order chi connectivity index (χ0) is 29.2. The molecule has 1 amide bonds. The summed E-state index contributed by atoms with van der Waals surface area (Å²) in [6.07, 6.45) is -3.55. The van der Waals surface area contributed by atoms with Gasteiger partial charge in [-0.15, -0.1) is 0 Å². The van der Waals surface area contributed by atoms with E-state index in [4.69, 9.17) is 16.3 Å². The minimum Gasteiger partial charge on any atom is -0.446 e. The summed E-state index contributed by atoms with van der Waals surface area (Å²) in [5, 5.41) is 7.19. The van der Waals surface area contributed by atoms with E-state index in [2.05, 4.69) is 30.4 Å². The molecule has 40 heavy (non-hydrogen) atoms. The molecule has 1 unspecified atom stereocenters. The molecule has 3 heterocycles. The van der Waals surface area contributed by atoms with Crippen LogP contribution < -0.4 is 5.32 Å². The van der Waals surface area contributed by atoms with Crippen LogP contribution in [0.25, 0.3) is 16.7 Å². The summed E-state index contributed by atoms with van der Waals surface area (Å²) in [5.74, 6) is -1.46. The van der Waals surface area contributed by atoms with E-state index < -0.39 is 35.5 Å². The van der Waals surface area contributed by atoms with Gasteiger partial charge in [0.05, 0.1) is 28.4 Å². The van der Waals surface area contributed by atoms with E-state index in [0.29, 0.717) is 28.2 Å². The fourth-order valence-electron chi connectivity index (χ4n) is 3.65. The Morgan fingerprint density at radius 3 is 2.60 bits per heavy atom. The topological polar surface area (TPSA) is 127 Å². The average molecular weight is 575 g/mol. The highest BCUT2D eigenvalue weighted by molar-refractivity contribution is 6.32. The Morgan fingerprint density at radius 2 is 1.95 bits per heavy atom. The monoisotopic (exact) mass is 574 g/mol. The maximum Gasteiger partial charge on any atom is 0.433 e. The van der Waals surface area contributed by atoms with E-state index in [-0.39, 0.29) is 10.7 Å². The van der Waals surface area contributed by atoms with Gasteiger partial charge >= 0.3 is 12.1 Å². The molecule has 4 rings (SSSR count). The third-order valence-electron chi connectivity index (χ3n) is 5.31. The number of anilines is 1. The van der Waals surface area contributed by atoms with Crippen molar-refractivity contribution in [2.75, 3.05) is 19.4 Å². The molecule has 0 aliphatic carbocycles. The largest absolute Gasteiger partial charge is 0.446 e. The minimum absolute atomic E-state index is 0.162. The van der Waals surface area contributed by atoms with Crippen LogP contribution in [-0.4, -0.2) is 61.9 Å². The number of amides is 1. The second-order valence-electron chi connectivity index (χ2n) is 8.69. The maximum absolute atomic E-state index is 13.2. The lowest BCUT2D eigenvalue weighted by molar-refractivity contribution is -0.153.